The maximum atomic E-state index is 13.1. The lowest BCUT2D eigenvalue weighted by Crippen LogP contribution is -2.47. The van der Waals surface area contributed by atoms with Crippen molar-refractivity contribution in [1.82, 2.24) is 20.4 Å². The maximum Gasteiger partial charge on any atom is 0.322 e. The summed E-state index contributed by atoms with van der Waals surface area (Å²) in [6.07, 6.45) is 0. The minimum absolute atomic E-state index is 0.190. The lowest BCUT2D eigenvalue weighted by atomic mass is 9.94. The largest absolute Gasteiger partial charge is 0.493 e. The lowest BCUT2D eigenvalue weighted by molar-refractivity contribution is 0.199. The molecule has 2 amide bonds. The van der Waals surface area contributed by atoms with E-state index in [0.717, 1.165) is 16.8 Å². The van der Waals surface area contributed by atoms with Gasteiger partial charge in [-0.1, -0.05) is 48.8 Å². The number of halogens is 1. The molecule has 0 spiro atoms. The Hall–Kier alpha value is -3.52. The predicted octanol–water partition coefficient (Wildman–Crippen LogP) is 5.56. The molecule has 0 fully saturated rings. The summed E-state index contributed by atoms with van der Waals surface area (Å²) in [6, 6.07) is 12.1. The fourth-order valence-electron chi connectivity index (χ4n) is 4.00. The number of amides is 2. The van der Waals surface area contributed by atoms with Gasteiger partial charge in [0.25, 0.3) is 5.89 Å². The van der Waals surface area contributed by atoms with E-state index in [1.807, 2.05) is 31.2 Å². The van der Waals surface area contributed by atoms with Crippen molar-refractivity contribution in [2.24, 2.45) is 5.92 Å². The SMILES string of the molecule is COc1ccc(C2NC(=O)N(CC(C)C)C(C)=C2c2nc(-c3cccc(Cl)c3)no2)cc1OC. The van der Waals surface area contributed by atoms with Gasteiger partial charge in [0.2, 0.25) is 5.82 Å². The zero-order chi connectivity index (χ0) is 24.4. The Kier molecular flexibility index (Phi) is 6.79. The van der Waals surface area contributed by atoms with E-state index in [2.05, 4.69) is 29.3 Å². The van der Waals surface area contributed by atoms with Crippen molar-refractivity contribution in [1.29, 1.82) is 0 Å². The summed E-state index contributed by atoms with van der Waals surface area (Å²) < 4.78 is 16.6. The third-order valence-corrected chi connectivity index (χ3v) is 5.86. The molecule has 0 saturated heterocycles. The number of aromatic nitrogens is 2. The van der Waals surface area contributed by atoms with Gasteiger partial charge in [0.05, 0.1) is 25.8 Å². The van der Waals surface area contributed by atoms with Crippen LogP contribution in [0.3, 0.4) is 0 Å². The minimum Gasteiger partial charge on any atom is -0.493 e. The van der Waals surface area contributed by atoms with Gasteiger partial charge in [-0.25, -0.2) is 4.79 Å². The fraction of sp³-hybridized carbons (Fsp3) is 0.320. The van der Waals surface area contributed by atoms with Gasteiger partial charge in [-0.15, -0.1) is 0 Å². The summed E-state index contributed by atoms with van der Waals surface area (Å²) in [5.41, 5.74) is 3.00. The molecule has 0 bridgehead atoms. The first-order valence-corrected chi connectivity index (χ1v) is 11.3. The average molecular weight is 483 g/mol. The van der Waals surface area contributed by atoms with Crippen molar-refractivity contribution in [2.75, 3.05) is 20.8 Å². The predicted molar refractivity (Wildman–Crippen MR) is 130 cm³/mol. The van der Waals surface area contributed by atoms with Crippen LogP contribution in [0.2, 0.25) is 5.02 Å². The molecule has 0 aliphatic carbocycles. The third kappa shape index (κ3) is 4.59. The highest BCUT2D eigenvalue weighted by Crippen LogP contribution is 2.40. The molecule has 2 aromatic carbocycles. The normalized spacial score (nSPS) is 16.1. The molecular formula is C25H27ClN4O4. The van der Waals surface area contributed by atoms with Gasteiger partial charge in [0, 0.05) is 22.8 Å². The monoisotopic (exact) mass is 482 g/mol. The Morgan fingerprint density at radius 1 is 1.15 bits per heavy atom. The number of urea groups is 1. The lowest BCUT2D eigenvalue weighted by Gasteiger charge is -2.36. The minimum atomic E-state index is -0.525. The number of methoxy groups -OCH3 is 2. The number of nitrogens with zero attached hydrogens (tertiary/aromatic N) is 3. The second-order valence-corrected chi connectivity index (χ2v) is 8.87. The van der Waals surface area contributed by atoms with Crippen molar-refractivity contribution in [3.63, 3.8) is 0 Å². The van der Waals surface area contributed by atoms with Crippen LogP contribution in [0.5, 0.6) is 11.5 Å². The Morgan fingerprint density at radius 2 is 1.91 bits per heavy atom. The van der Waals surface area contributed by atoms with Crippen LogP contribution in [0.4, 0.5) is 4.79 Å². The van der Waals surface area contributed by atoms with E-state index in [9.17, 15) is 4.79 Å². The maximum absolute atomic E-state index is 13.1. The zero-order valence-electron chi connectivity index (χ0n) is 19.8. The summed E-state index contributed by atoms with van der Waals surface area (Å²) in [4.78, 5) is 19.5. The molecule has 4 rings (SSSR count). The van der Waals surface area contributed by atoms with E-state index in [-0.39, 0.29) is 11.9 Å². The number of carbonyl (C=O) groups is 1. The van der Waals surface area contributed by atoms with Gasteiger partial charge in [-0.2, -0.15) is 4.98 Å². The Balaban J connectivity index is 1.83. The van der Waals surface area contributed by atoms with Gasteiger partial charge in [0.1, 0.15) is 0 Å². The van der Waals surface area contributed by atoms with E-state index >= 15 is 0 Å². The molecular weight excluding hydrogens is 456 g/mol. The number of hydrogen-bond donors (Lipinski definition) is 1. The van der Waals surface area contributed by atoms with Gasteiger partial charge in [-0.3, -0.25) is 4.90 Å². The van der Waals surface area contributed by atoms with Crippen molar-refractivity contribution >= 4 is 23.2 Å². The van der Waals surface area contributed by atoms with Crippen molar-refractivity contribution in [2.45, 2.75) is 26.8 Å². The van der Waals surface area contributed by atoms with Crippen molar-refractivity contribution in [3.8, 4) is 22.9 Å². The second kappa shape index (κ2) is 9.77. The Bertz CT molecular complexity index is 1240. The molecule has 1 unspecified atom stereocenters. The highest BCUT2D eigenvalue weighted by molar-refractivity contribution is 6.30. The highest BCUT2D eigenvalue weighted by atomic mass is 35.5. The number of allylic oxidation sites excluding steroid dienone is 1. The summed E-state index contributed by atoms with van der Waals surface area (Å²) in [7, 11) is 3.15. The Morgan fingerprint density at radius 3 is 2.59 bits per heavy atom. The van der Waals surface area contributed by atoms with Gasteiger partial charge >= 0.3 is 6.03 Å². The van der Waals surface area contributed by atoms with Gasteiger partial charge < -0.3 is 19.3 Å². The van der Waals surface area contributed by atoms with Crippen LogP contribution in [-0.4, -0.2) is 41.8 Å². The fourth-order valence-corrected chi connectivity index (χ4v) is 4.19. The van der Waals surface area contributed by atoms with E-state index in [1.165, 1.54) is 0 Å². The first-order chi connectivity index (χ1) is 16.3. The number of nitrogens with one attached hydrogen (secondary N) is 1. The molecule has 1 aliphatic heterocycles. The van der Waals surface area contributed by atoms with Crippen LogP contribution in [0.15, 0.2) is 52.7 Å². The number of carbonyl (C=O) groups excluding carboxylic acids is 1. The Labute approximate surface area is 203 Å². The van der Waals surface area contributed by atoms with Crippen LogP contribution < -0.4 is 14.8 Å². The molecule has 1 aliphatic rings. The van der Waals surface area contributed by atoms with E-state index in [1.54, 1.807) is 37.3 Å². The van der Waals surface area contributed by atoms with Crippen LogP contribution in [0.1, 0.15) is 38.3 Å². The molecule has 34 heavy (non-hydrogen) atoms. The molecule has 0 radical (unpaired) electrons. The molecule has 8 nitrogen and oxygen atoms in total. The molecule has 9 heteroatoms. The van der Waals surface area contributed by atoms with Crippen LogP contribution in [-0.2, 0) is 0 Å². The standard InChI is InChI=1S/C25H27ClN4O4/c1-14(2)13-30-15(3)21(24-28-23(29-34-24)17-7-6-8-18(26)11-17)22(27-25(30)31)16-9-10-19(32-4)20(12-16)33-5/h6-12,14,22H,13H2,1-5H3,(H,27,31). The molecule has 3 aromatic rings. The summed E-state index contributed by atoms with van der Waals surface area (Å²) in [5.74, 6) is 2.15. The van der Waals surface area contributed by atoms with E-state index in [4.69, 9.17) is 25.6 Å². The number of rotatable bonds is 7. The molecule has 1 N–H and O–H groups in total. The van der Waals surface area contributed by atoms with Crippen LogP contribution in [0.25, 0.3) is 17.0 Å². The van der Waals surface area contributed by atoms with Crippen molar-refractivity contribution < 1.29 is 18.8 Å². The average Bonchev–Trinajstić information content (AvgIpc) is 3.30. The first-order valence-electron chi connectivity index (χ1n) is 10.9. The van der Waals surface area contributed by atoms with Crippen LogP contribution >= 0.6 is 11.6 Å². The van der Waals surface area contributed by atoms with Crippen molar-refractivity contribution in [3.05, 3.63) is 64.6 Å². The molecule has 1 atom stereocenters. The van der Waals surface area contributed by atoms with E-state index < -0.39 is 6.04 Å². The van der Waals surface area contributed by atoms with Gasteiger partial charge in [-0.05, 0) is 42.7 Å². The summed E-state index contributed by atoms with van der Waals surface area (Å²) in [6.45, 7) is 6.57. The zero-order valence-corrected chi connectivity index (χ0v) is 20.5. The van der Waals surface area contributed by atoms with Crippen LogP contribution in [0, 0.1) is 5.92 Å². The van der Waals surface area contributed by atoms with Gasteiger partial charge in [0.15, 0.2) is 11.5 Å². The summed E-state index contributed by atoms with van der Waals surface area (Å²) >= 11 is 6.14. The summed E-state index contributed by atoms with van der Waals surface area (Å²) in [5, 5.41) is 7.85. The molecule has 2 heterocycles. The molecule has 178 valence electrons. The molecule has 0 saturated carbocycles. The topological polar surface area (TPSA) is 89.7 Å². The number of benzene rings is 2. The smallest absolute Gasteiger partial charge is 0.322 e. The number of ether oxygens (including phenoxy) is 2. The number of hydrogen-bond acceptors (Lipinski definition) is 6. The third-order valence-electron chi connectivity index (χ3n) is 5.62. The first kappa shape index (κ1) is 23.6. The quantitative estimate of drug-likeness (QED) is 0.474. The second-order valence-electron chi connectivity index (χ2n) is 8.43. The highest BCUT2D eigenvalue weighted by Gasteiger charge is 2.36. The van der Waals surface area contributed by atoms with E-state index in [0.29, 0.717) is 40.4 Å². The molecule has 1 aromatic heterocycles.